The third-order valence-corrected chi connectivity index (χ3v) is 8.33. The largest absolute Gasteiger partial charge is 0.481 e. The summed E-state index contributed by atoms with van der Waals surface area (Å²) in [4.78, 5) is 24.1. The normalized spacial score (nSPS) is 23.2. The summed E-state index contributed by atoms with van der Waals surface area (Å²) in [5, 5.41) is 16.2. The summed E-state index contributed by atoms with van der Waals surface area (Å²) in [7, 11) is 0. The number of carboxylic acids is 1. The Kier molecular flexibility index (Phi) is 6.77. The van der Waals surface area contributed by atoms with Crippen molar-refractivity contribution in [3.8, 4) is 11.3 Å². The lowest BCUT2D eigenvalue weighted by Gasteiger charge is -2.53. The Balaban J connectivity index is 1.33. The molecule has 1 aromatic heterocycles. The zero-order valence-corrected chi connectivity index (χ0v) is 22.3. The van der Waals surface area contributed by atoms with Crippen molar-refractivity contribution in [2.45, 2.75) is 76.9 Å². The molecular weight excluding hydrogens is 484 g/mol. The van der Waals surface area contributed by atoms with E-state index in [9.17, 15) is 14.7 Å². The first-order valence-electron chi connectivity index (χ1n) is 13.1. The molecule has 3 aromatic rings. The van der Waals surface area contributed by atoms with E-state index in [1.807, 2.05) is 51.1 Å². The Bertz CT molecular complexity index is 1350. The standard InChI is InChI=1S/C30H34N2O6/c1-18-7-5-6-8-23(18)21(4)37-28(35)31-26-20(3)32-38-27(26)24-10-9-22(15-19(24)2)29-11-13-30(14-12-29,36-17-29)16-25(33)34/h5-10,15,21H,11-14,16-17H2,1-4H3,(H,31,35)(H,33,34)/t21-,29?,30?/m1/s1. The molecule has 38 heavy (non-hydrogen) atoms. The van der Waals surface area contributed by atoms with Gasteiger partial charge in [-0.1, -0.05) is 47.6 Å². The number of hydrogen-bond donors (Lipinski definition) is 2. The second-order valence-corrected chi connectivity index (χ2v) is 10.9. The van der Waals surface area contributed by atoms with E-state index in [0.717, 1.165) is 47.9 Å². The van der Waals surface area contributed by atoms with Gasteiger partial charge in [0.2, 0.25) is 0 Å². The quantitative estimate of drug-likeness (QED) is 0.361. The van der Waals surface area contributed by atoms with Crippen LogP contribution in [0.15, 0.2) is 47.0 Å². The Labute approximate surface area is 222 Å². The second kappa shape index (κ2) is 9.91. The Morgan fingerprint density at radius 1 is 1.08 bits per heavy atom. The first-order chi connectivity index (χ1) is 18.1. The molecule has 1 saturated carbocycles. The average molecular weight is 519 g/mol. The van der Waals surface area contributed by atoms with Crippen molar-refractivity contribution >= 4 is 17.7 Å². The van der Waals surface area contributed by atoms with Crippen LogP contribution in [0, 0.1) is 20.8 Å². The number of carboxylic acid groups (broad SMARTS) is 1. The zero-order valence-electron chi connectivity index (χ0n) is 22.3. The zero-order chi connectivity index (χ0) is 27.1. The third kappa shape index (κ3) is 4.80. The van der Waals surface area contributed by atoms with E-state index < -0.39 is 23.8 Å². The van der Waals surface area contributed by atoms with E-state index in [-0.39, 0.29) is 11.8 Å². The Morgan fingerprint density at radius 3 is 2.45 bits per heavy atom. The second-order valence-electron chi connectivity index (χ2n) is 10.9. The van der Waals surface area contributed by atoms with E-state index >= 15 is 0 Å². The van der Waals surface area contributed by atoms with Crippen molar-refractivity contribution < 1.29 is 28.7 Å². The van der Waals surface area contributed by atoms with Crippen LogP contribution in [-0.2, 0) is 19.7 Å². The maximum Gasteiger partial charge on any atom is 0.412 e. The number of hydrogen-bond acceptors (Lipinski definition) is 6. The van der Waals surface area contributed by atoms with Crippen LogP contribution in [0.3, 0.4) is 0 Å². The van der Waals surface area contributed by atoms with Crippen LogP contribution in [0.1, 0.15) is 73.1 Å². The highest BCUT2D eigenvalue weighted by molar-refractivity contribution is 5.91. The first kappa shape index (κ1) is 26.0. The molecule has 1 aliphatic carbocycles. The fraction of sp³-hybridized carbons (Fsp3) is 0.433. The highest BCUT2D eigenvalue weighted by Crippen LogP contribution is 2.52. The first-order valence-corrected chi connectivity index (χ1v) is 13.1. The van der Waals surface area contributed by atoms with Gasteiger partial charge in [0.25, 0.3) is 0 Å². The number of amides is 1. The van der Waals surface area contributed by atoms with Gasteiger partial charge in [-0.2, -0.15) is 0 Å². The van der Waals surface area contributed by atoms with Crippen LogP contribution in [0.4, 0.5) is 10.5 Å². The van der Waals surface area contributed by atoms with Crippen molar-refractivity contribution in [1.82, 2.24) is 5.16 Å². The number of carbonyl (C=O) groups excluding carboxylic acids is 1. The fourth-order valence-corrected chi connectivity index (χ4v) is 5.99. The molecule has 3 heterocycles. The number of aliphatic carboxylic acids is 1. The number of benzene rings is 2. The molecule has 8 nitrogen and oxygen atoms in total. The van der Waals surface area contributed by atoms with E-state index in [4.69, 9.17) is 14.0 Å². The number of anilines is 1. The summed E-state index contributed by atoms with van der Waals surface area (Å²) in [5.74, 6) is -0.326. The predicted molar refractivity (Wildman–Crippen MR) is 142 cm³/mol. The van der Waals surface area contributed by atoms with Gasteiger partial charge in [-0.3, -0.25) is 10.1 Å². The average Bonchev–Trinajstić information content (AvgIpc) is 3.24. The number of nitrogens with one attached hydrogen (secondary N) is 1. The molecule has 3 fully saturated rings. The molecule has 200 valence electrons. The van der Waals surface area contributed by atoms with Gasteiger partial charge >= 0.3 is 12.1 Å². The van der Waals surface area contributed by atoms with E-state index in [2.05, 4.69) is 22.6 Å². The lowest BCUT2D eigenvalue weighted by Crippen LogP contribution is -2.54. The van der Waals surface area contributed by atoms with Crippen molar-refractivity contribution in [1.29, 1.82) is 0 Å². The molecular formula is C30H34N2O6. The van der Waals surface area contributed by atoms with Crippen LogP contribution in [0.2, 0.25) is 0 Å². The number of fused-ring (bicyclic) bond motifs is 3. The highest BCUT2D eigenvalue weighted by atomic mass is 16.6. The van der Waals surface area contributed by atoms with Gasteiger partial charge in [-0.05, 0) is 75.6 Å². The predicted octanol–water partition coefficient (Wildman–Crippen LogP) is 6.63. The van der Waals surface area contributed by atoms with Crippen LogP contribution in [0.5, 0.6) is 0 Å². The minimum absolute atomic E-state index is 0.0633. The lowest BCUT2D eigenvalue weighted by atomic mass is 9.62. The summed E-state index contributed by atoms with van der Waals surface area (Å²) in [5.41, 5.74) is 5.42. The van der Waals surface area contributed by atoms with Crippen LogP contribution in [-0.4, -0.2) is 34.5 Å². The van der Waals surface area contributed by atoms with Crippen LogP contribution in [0.25, 0.3) is 11.3 Å². The molecule has 1 atom stereocenters. The van der Waals surface area contributed by atoms with Crippen molar-refractivity contribution in [3.05, 3.63) is 70.4 Å². The number of carbonyl (C=O) groups is 2. The monoisotopic (exact) mass is 518 g/mol. The third-order valence-electron chi connectivity index (χ3n) is 8.33. The molecule has 8 heteroatoms. The summed E-state index contributed by atoms with van der Waals surface area (Å²) in [6.45, 7) is 8.15. The van der Waals surface area contributed by atoms with Gasteiger partial charge in [0, 0.05) is 11.0 Å². The number of rotatable bonds is 7. The molecule has 2 N–H and O–H groups in total. The topological polar surface area (TPSA) is 111 Å². The van der Waals surface area contributed by atoms with Gasteiger partial charge in [0.15, 0.2) is 5.76 Å². The van der Waals surface area contributed by atoms with Gasteiger partial charge < -0.3 is 19.1 Å². The van der Waals surface area contributed by atoms with E-state index in [1.165, 1.54) is 5.56 Å². The summed E-state index contributed by atoms with van der Waals surface area (Å²) < 4.78 is 17.5. The molecule has 3 aliphatic rings. The maximum absolute atomic E-state index is 12.8. The molecule has 0 unspecified atom stereocenters. The molecule has 0 radical (unpaired) electrons. The molecule has 0 spiro atoms. The molecule has 2 saturated heterocycles. The number of aryl methyl sites for hydroxylation is 3. The number of aromatic nitrogens is 1. The molecule has 1 amide bonds. The van der Waals surface area contributed by atoms with Gasteiger partial charge in [-0.25, -0.2) is 4.79 Å². The minimum Gasteiger partial charge on any atom is -0.481 e. The number of nitrogens with zero attached hydrogens (tertiary/aromatic N) is 1. The SMILES string of the molecule is Cc1cc(C23CCC(CC(=O)O)(CC2)OC3)ccc1-c1onc(C)c1NC(=O)O[C@H](C)c1ccccc1C. The number of ether oxygens (including phenoxy) is 2. The highest BCUT2D eigenvalue weighted by Gasteiger charge is 2.51. The summed E-state index contributed by atoms with van der Waals surface area (Å²) in [6.07, 6.45) is 2.37. The van der Waals surface area contributed by atoms with E-state index in [0.29, 0.717) is 23.7 Å². The van der Waals surface area contributed by atoms with Gasteiger partial charge in [0.05, 0.1) is 18.6 Å². The lowest BCUT2D eigenvalue weighted by molar-refractivity contribution is -0.174. The van der Waals surface area contributed by atoms with Crippen molar-refractivity contribution in [3.63, 3.8) is 0 Å². The Hall–Kier alpha value is -3.65. The molecule has 2 aliphatic heterocycles. The van der Waals surface area contributed by atoms with Crippen molar-refractivity contribution in [2.24, 2.45) is 0 Å². The van der Waals surface area contributed by atoms with Crippen molar-refractivity contribution in [2.75, 3.05) is 11.9 Å². The maximum atomic E-state index is 12.8. The smallest absolute Gasteiger partial charge is 0.412 e. The molecule has 2 aromatic carbocycles. The minimum atomic E-state index is -0.806. The fourth-order valence-electron chi connectivity index (χ4n) is 5.99. The van der Waals surface area contributed by atoms with E-state index in [1.54, 1.807) is 6.92 Å². The summed E-state index contributed by atoms with van der Waals surface area (Å²) in [6, 6.07) is 14.0. The Morgan fingerprint density at radius 2 is 1.82 bits per heavy atom. The molecule has 2 bridgehead atoms. The van der Waals surface area contributed by atoms with Crippen LogP contribution >= 0.6 is 0 Å². The van der Waals surface area contributed by atoms with Gasteiger partial charge in [-0.15, -0.1) is 0 Å². The van der Waals surface area contributed by atoms with Crippen LogP contribution < -0.4 is 5.32 Å². The van der Waals surface area contributed by atoms with Gasteiger partial charge in [0.1, 0.15) is 17.5 Å². The molecule has 6 rings (SSSR count). The summed E-state index contributed by atoms with van der Waals surface area (Å²) >= 11 is 0.